The first-order valence-electron chi connectivity index (χ1n) is 6.37. The first kappa shape index (κ1) is 16.1. The molecule has 1 atom stereocenters. The smallest absolute Gasteiger partial charge is 0.272 e. The van der Waals surface area contributed by atoms with E-state index in [-0.39, 0.29) is 16.7 Å². The van der Waals surface area contributed by atoms with Crippen molar-refractivity contribution in [3.63, 3.8) is 0 Å². The van der Waals surface area contributed by atoms with Gasteiger partial charge in [-0.3, -0.25) is 10.1 Å². The molecular weight excluding hydrogens is 400 g/mol. The number of halogens is 2. The highest BCUT2D eigenvalue weighted by Crippen LogP contribution is 2.30. The Hall–Kier alpha value is -1.24. The molecule has 0 saturated carbocycles. The lowest BCUT2D eigenvalue weighted by Gasteiger charge is -2.18. The second-order valence-corrected chi connectivity index (χ2v) is 6.37. The SMILES string of the molecule is CNC(Cc1ccccc1[N+](=O)[O-])c1ccc(Br)cc1Br. The standard InChI is InChI=1S/C15H14Br2N2O2/c1-18-14(12-7-6-11(16)9-13(12)17)8-10-4-2-3-5-15(10)19(20)21/h2-7,9,14,18H,8H2,1H3. The first-order valence-corrected chi connectivity index (χ1v) is 7.96. The Labute approximate surface area is 140 Å². The molecule has 0 aliphatic heterocycles. The van der Waals surface area contributed by atoms with E-state index in [0.717, 1.165) is 20.1 Å². The Kier molecular flexibility index (Phi) is 5.50. The number of nitrogens with one attached hydrogen (secondary N) is 1. The molecule has 0 spiro atoms. The van der Waals surface area contributed by atoms with Gasteiger partial charge >= 0.3 is 0 Å². The predicted molar refractivity (Wildman–Crippen MR) is 90.4 cm³/mol. The molecule has 21 heavy (non-hydrogen) atoms. The molecule has 2 rings (SSSR count). The van der Waals surface area contributed by atoms with Crippen molar-refractivity contribution in [2.24, 2.45) is 0 Å². The van der Waals surface area contributed by atoms with Crippen LogP contribution < -0.4 is 5.32 Å². The summed E-state index contributed by atoms with van der Waals surface area (Å²) in [6.45, 7) is 0. The zero-order chi connectivity index (χ0) is 15.4. The summed E-state index contributed by atoms with van der Waals surface area (Å²) in [6.07, 6.45) is 0.549. The maximum atomic E-state index is 11.1. The van der Waals surface area contributed by atoms with Gasteiger partial charge in [0.05, 0.1) is 4.92 Å². The second-order valence-electron chi connectivity index (χ2n) is 4.60. The van der Waals surface area contributed by atoms with Crippen LogP contribution in [-0.4, -0.2) is 12.0 Å². The van der Waals surface area contributed by atoms with Crippen LogP contribution in [0.25, 0.3) is 0 Å². The Morgan fingerprint density at radius 1 is 1.24 bits per heavy atom. The van der Waals surface area contributed by atoms with Crippen molar-refractivity contribution in [1.82, 2.24) is 5.32 Å². The zero-order valence-electron chi connectivity index (χ0n) is 11.3. The average molecular weight is 414 g/mol. The Morgan fingerprint density at radius 3 is 2.57 bits per heavy atom. The third kappa shape index (κ3) is 3.90. The van der Waals surface area contributed by atoms with E-state index >= 15 is 0 Å². The molecule has 2 aromatic carbocycles. The highest BCUT2D eigenvalue weighted by Gasteiger charge is 2.19. The first-order chi connectivity index (χ1) is 10.0. The van der Waals surface area contributed by atoms with Gasteiger partial charge in [0.25, 0.3) is 5.69 Å². The van der Waals surface area contributed by atoms with E-state index in [1.54, 1.807) is 18.2 Å². The molecule has 0 bridgehead atoms. The van der Waals surface area contributed by atoms with Crippen molar-refractivity contribution < 1.29 is 4.92 Å². The van der Waals surface area contributed by atoms with Crippen LogP contribution in [0, 0.1) is 10.1 Å². The number of benzene rings is 2. The number of likely N-dealkylation sites (N-methyl/N-ethyl adjacent to an activating group) is 1. The minimum Gasteiger partial charge on any atom is -0.313 e. The van der Waals surface area contributed by atoms with Gasteiger partial charge in [0, 0.05) is 26.6 Å². The minimum absolute atomic E-state index is 0.00595. The van der Waals surface area contributed by atoms with E-state index in [4.69, 9.17) is 0 Å². The summed E-state index contributed by atoms with van der Waals surface area (Å²) in [5.74, 6) is 0. The van der Waals surface area contributed by atoms with Crippen LogP contribution >= 0.6 is 31.9 Å². The lowest BCUT2D eigenvalue weighted by atomic mass is 9.98. The Balaban J connectivity index is 2.34. The van der Waals surface area contributed by atoms with E-state index < -0.39 is 0 Å². The maximum absolute atomic E-state index is 11.1. The third-order valence-corrected chi connectivity index (χ3v) is 4.48. The van der Waals surface area contributed by atoms with Gasteiger partial charge in [0.2, 0.25) is 0 Å². The molecule has 0 heterocycles. The summed E-state index contributed by atoms with van der Waals surface area (Å²) < 4.78 is 1.95. The van der Waals surface area contributed by atoms with Crippen molar-refractivity contribution in [2.75, 3.05) is 7.05 Å². The summed E-state index contributed by atoms with van der Waals surface area (Å²) >= 11 is 6.97. The average Bonchev–Trinajstić information content (AvgIpc) is 2.45. The lowest BCUT2D eigenvalue weighted by Crippen LogP contribution is -2.19. The molecule has 0 aliphatic carbocycles. The van der Waals surface area contributed by atoms with E-state index in [2.05, 4.69) is 37.2 Å². The number of hydrogen-bond acceptors (Lipinski definition) is 3. The van der Waals surface area contributed by atoms with Crippen molar-refractivity contribution >= 4 is 37.5 Å². The van der Waals surface area contributed by atoms with Gasteiger partial charge in [0.1, 0.15) is 0 Å². The van der Waals surface area contributed by atoms with E-state index in [0.29, 0.717) is 6.42 Å². The van der Waals surface area contributed by atoms with Gasteiger partial charge in [0.15, 0.2) is 0 Å². The van der Waals surface area contributed by atoms with Crippen LogP contribution in [0.1, 0.15) is 17.2 Å². The molecule has 1 unspecified atom stereocenters. The molecule has 0 fully saturated rings. The van der Waals surface area contributed by atoms with Crippen LogP contribution in [0.15, 0.2) is 51.4 Å². The normalized spacial score (nSPS) is 12.1. The molecule has 6 heteroatoms. The van der Waals surface area contributed by atoms with Crippen molar-refractivity contribution in [2.45, 2.75) is 12.5 Å². The lowest BCUT2D eigenvalue weighted by molar-refractivity contribution is -0.385. The number of hydrogen-bond donors (Lipinski definition) is 1. The van der Waals surface area contributed by atoms with Gasteiger partial charge in [-0.1, -0.05) is 56.1 Å². The number of rotatable bonds is 5. The summed E-state index contributed by atoms with van der Waals surface area (Å²) in [6, 6.07) is 12.8. The van der Waals surface area contributed by atoms with Crippen molar-refractivity contribution in [3.8, 4) is 0 Å². The summed E-state index contributed by atoms with van der Waals surface area (Å²) in [5, 5.41) is 14.3. The fraction of sp³-hybridized carbons (Fsp3) is 0.200. The fourth-order valence-corrected chi connectivity index (χ4v) is 3.56. The van der Waals surface area contributed by atoms with Crippen LogP contribution in [0.2, 0.25) is 0 Å². The van der Waals surface area contributed by atoms with E-state index in [1.165, 1.54) is 0 Å². The van der Waals surface area contributed by atoms with Gasteiger partial charge in [-0.25, -0.2) is 0 Å². The summed E-state index contributed by atoms with van der Waals surface area (Å²) in [4.78, 5) is 10.8. The summed E-state index contributed by atoms with van der Waals surface area (Å²) in [7, 11) is 1.86. The largest absolute Gasteiger partial charge is 0.313 e. The number of nitrogens with zero attached hydrogens (tertiary/aromatic N) is 1. The topological polar surface area (TPSA) is 55.2 Å². The quantitative estimate of drug-likeness (QED) is 0.574. The molecule has 0 amide bonds. The summed E-state index contributed by atoms with van der Waals surface area (Å²) in [5.41, 5.74) is 1.95. The zero-order valence-corrected chi connectivity index (χ0v) is 14.5. The molecule has 110 valence electrons. The van der Waals surface area contributed by atoms with Crippen LogP contribution in [0.3, 0.4) is 0 Å². The molecule has 0 saturated heterocycles. The van der Waals surface area contributed by atoms with Crippen LogP contribution in [0.4, 0.5) is 5.69 Å². The van der Waals surface area contributed by atoms with Crippen LogP contribution in [0.5, 0.6) is 0 Å². The van der Waals surface area contributed by atoms with Gasteiger partial charge in [-0.2, -0.15) is 0 Å². The second kappa shape index (κ2) is 7.15. The predicted octanol–water partition coefficient (Wildman–Crippen LogP) is 4.62. The van der Waals surface area contributed by atoms with Gasteiger partial charge in [-0.15, -0.1) is 0 Å². The minimum atomic E-state index is -0.335. The van der Waals surface area contributed by atoms with E-state index in [9.17, 15) is 10.1 Å². The molecular formula is C15H14Br2N2O2. The van der Waals surface area contributed by atoms with Gasteiger partial charge < -0.3 is 5.32 Å². The molecule has 0 aliphatic rings. The third-order valence-electron chi connectivity index (χ3n) is 3.30. The number of nitro benzene ring substituents is 1. The Bertz CT molecular complexity index is 662. The highest BCUT2D eigenvalue weighted by molar-refractivity contribution is 9.11. The Morgan fingerprint density at radius 2 is 1.95 bits per heavy atom. The fourth-order valence-electron chi connectivity index (χ4n) is 2.23. The number of nitro groups is 1. The van der Waals surface area contributed by atoms with Crippen molar-refractivity contribution in [1.29, 1.82) is 0 Å². The monoisotopic (exact) mass is 412 g/mol. The van der Waals surface area contributed by atoms with Crippen LogP contribution in [-0.2, 0) is 6.42 Å². The van der Waals surface area contributed by atoms with Crippen molar-refractivity contribution in [3.05, 3.63) is 72.7 Å². The molecule has 4 nitrogen and oxygen atoms in total. The van der Waals surface area contributed by atoms with Gasteiger partial charge in [-0.05, 0) is 31.2 Å². The maximum Gasteiger partial charge on any atom is 0.272 e. The van der Waals surface area contributed by atoms with E-state index in [1.807, 2.05) is 31.3 Å². The molecule has 1 N–H and O–H groups in total. The molecule has 0 radical (unpaired) electrons. The molecule has 2 aromatic rings. The highest BCUT2D eigenvalue weighted by atomic mass is 79.9. The number of para-hydroxylation sites is 1. The molecule has 0 aromatic heterocycles.